The second kappa shape index (κ2) is 7.65. The average molecular weight is 369 g/mol. The number of hydrogen-bond acceptors (Lipinski definition) is 5. The Balaban J connectivity index is 2.05. The van der Waals surface area contributed by atoms with Crippen LogP contribution in [0.1, 0.15) is 15.9 Å². The van der Waals surface area contributed by atoms with Crippen molar-refractivity contribution in [1.29, 1.82) is 0 Å². The van der Waals surface area contributed by atoms with Crippen molar-refractivity contribution in [3.63, 3.8) is 0 Å². The molecule has 24 heavy (non-hydrogen) atoms. The van der Waals surface area contributed by atoms with Gasteiger partial charge in [-0.1, -0.05) is 23.7 Å². The van der Waals surface area contributed by atoms with Crippen LogP contribution >= 0.6 is 11.6 Å². The van der Waals surface area contributed by atoms with Crippen molar-refractivity contribution in [3.8, 4) is 5.75 Å². The molecular formula is C16H15ClNO5S-. The molecule has 0 aliphatic rings. The van der Waals surface area contributed by atoms with Gasteiger partial charge in [0.25, 0.3) is 0 Å². The standard InChI is InChI=1S/C16H16ClNO5S/c1-23-12-4-2-11(3-5-12)8-9-18-24(21,22)13-6-7-15(17)14(10-13)16(19)20/h2-7,10,18H,8-9H2,1H3,(H,19,20)/p-1. The van der Waals surface area contributed by atoms with Crippen molar-refractivity contribution in [2.75, 3.05) is 13.7 Å². The van der Waals surface area contributed by atoms with Crippen LogP contribution in [-0.2, 0) is 16.4 Å². The number of ether oxygens (including phenoxy) is 1. The summed E-state index contributed by atoms with van der Waals surface area (Å²) in [5.74, 6) is -0.814. The number of halogens is 1. The maximum absolute atomic E-state index is 12.2. The van der Waals surface area contributed by atoms with Crippen LogP contribution in [0.25, 0.3) is 0 Å². The first kappa shape index (κ1) is 18.3. The van der Waals surface area contributed by atoms with Gasteiger partial charge in [-0.15, -0.1) is 0 Å². The van der Waals surface area contributed by atoms with Crippen LogP contribution in [0, 0.1) is 0 Å². The van der Waals surface area contributed by atoms with Gasteiger partial charge in [0, 0.05) is 17.1 Å². The van der Waals surface area contributed by atoms with E-state index in [-0.39, 0.29) is 22.0 Å². The van der Waals surface area contributed by atoms with E-state index in [9.17, 15) is 18.3 Å². The van der Waals surface area contributed by atoms with Crippen LogP contribution in [0.5, 0.6) is 5.75 Å². The molecule has 0 radical (unpaired) electrons. The number of sulfonamides is 1. The lowest BCUT2D eigenvalue weighted by molar-refractivity contribution is -0.255. The summed E-state index contributed by atoms with van der Waals surface area (Å²) in [5, 5.41) is 10.9. The third kappa shape index (κ3) is 4.47. The molecule has 128 valence electrons. The SMILES string of the molecule is COc1ccc(CCNS(=O)(=O)c2ccc(Cl)c(C(=O)[O-])c2)cc1. The molecular weight excluding hydrogens is 354 g/mol. The fourth-order valence-electron chi connectivity index (χ4n) is 2.03. The third-order valence-electron chi connectivity index (χ3n) is 3.33. The Bertz CT molecular complexity index is 834. The monoisotopic (exact) mass is 368 g/mol. The highest BCUT2D eigenvalue weighted by atomic mass is 35.5. The van der Waals surface area contributed by atoms with Gasteiger partial charge in [-0.3, -0.25) is 0 Å². The minimum absolute atomic E-state index is 0.0767. The Morgan fingerprint density at radius 3 is 2.46 bits per heavy atom. The molecule has 1 N–H and O–H groups in total. The first-order chi connectivity index (χ1) is 11.3. The molecule has 0 aliphatic carbocycles. The Hall–Kier alpha value is -2.09. The third-order valence-corrected chi connectivity index (χ3v) is 5.12. The van der Waals surface area contributed by atoms with Gasteiger partial charge in [0.2, 0.25) is 10.0 Å². The molecule has 2 rings (SSSR count). The van der Waals surface area contributed by atoms with Gasteiger partial charge in [-0.25, -0.2) is 13.1 Å². The van der Waals surface area contributed by atoms with Crippen molar-refractivity contribution in [1.82, 2.24) is 4.72 Å². The van der Waals surface area contributed by atoms with Crippen LogP contribution in [0.4, 0.5) is 0 Å². The van der Waals surface area contributed by atoms with Crippen molar-refractivity contribution in [3.05, 3.63) is 58.6 Å². The summed E-state index contributed by atoms with van der Waals surface area (Å²) < 4.78 is 31.9. The zero-order valence-corrected chi connectivity index (χ0v) is 14.4. The number of benzene rings is 2. The average Bonchev–Trinajstić information content (AvgIpc) is 2.55. The molecule has 6 nitrogen and oxygen atoms in total. The summed E-state index contributed by atoms with van der Waals surface area (Å²) >= 11 is 5.70. The second-order valence-electron chi connectivity index (χ2n) is 4.92. The molecule has 0 unspecified atom stereocenters. The summed E-state index contributed by atoms with van der Waals surface area (Å²) in [7, 11) is -2.27. The van der Waals surface area contributed by atoms with E-state index in [1.807, 2.05) is 12.1 Å². The topological polar surface area (TPSA) is 95.5 Å². The fraction of sp³-hybridized carbons (Fsp3) is 0.188. The zero-order chi connectivity index (χ0) is 17.7. The van der Waals surface area contributed by atoms with Gasteiger partial charge >= 0.3 is 0 Å². The van der Waals surface area contributed by atoms with E-state index in [0.29, 0.717) is 6.42 Å². The maximum Gasteiger partial charge on any atom is 0.240 e. The molecule has 0 aromatic heterocycles. The number of hydrogen-bond donors (Lipinski definition) is 1. The molecule has 0 aliphatic heterocycles. The molecule has 0 spiro atoms. The minimum atomic E-state index is -3.84. The van der Waals surface area contributed by atoms with E-state index in [1.54, 1.807) is 19.2 Å². The van der Waals surface area contributed by atoms with Gasteiger partial charge in [0.1, 0.15) is 5.75 Å². The van der Waals surface area contributed by atoms with Gasteiger partial charge in [-0.05, 0) is 42.3 Å². The Morgan fingerprint density at radius 1 is 1.21 bits per heavy atom. The zero-order valence-electron chi connectivity index (χ0n) is 12.8. The van der Waals surface area contributed by atoms with Gasteiger partial charge < -0.3 is 14.6 Å². The Morgan fingerprint density at radius 2 is 1.88 bits per heavy atom. The highest BCUT2D eigenvalue weighted by Crippen LogP contribution is 2.20. The Labute approximate surface area is 145 Å². The van der Waals surface area contributed by atoms with E-state index in [2.05, 4.69) is 4.72 Å². The maximum atomic E-state index is 12.2. The van der Waals surface area contributed by atoms with E-state index in [1.165, 1.54) is 12.1 Å². The largest absolute Gasteiger partial charge is 0.545 e. The molecule has 0 heterocycles. The number of carbonyl (C=O) groups excluding carboxylic acids is 1. The molecule has 8 heteroatoms. The predicted molar refractivity (Wildman–Crippen MR) is 87.7 cm³/mol. The smallest absolute Gasteiger partial charge is 0.240 e. The number of methoxy groups -OCH3 is 1. The van der Waals surface area contributed by atoms with E-state index >= 15 is 0 Å². The van der Waals surface area contributed by atoms with Crippen LogP contribution in [0.3, 0.4) is 0 Å². The molecule has 0 atom stereocenters. The van der Waals surface area contributed by atoms with Crippen molar-refractivity contribution in [2.45, 2.75) is 11.3 Å². The summed E-state index contributed by atoms with van der Waals surface area (Å²) in [4.78, 5) is 10.8. The van der Waals surface area contributed by atoms with Gasteiger partial charge in [-0.2, -0.15) is 0 Å². The highest BCUT2D eigenvalue weighted by molar-refractivity contribution is 7.89. The quantitative estimate of drug-likeness (QED) is 0.793. The lowest BCUT2D eigenvalue weighted by atomic mass is 10.1. The van der Waals surface area contributed by atoms with Crippen molar-refractivity contribution in [2.24, 2.45) is 0 Å². The Kier molecular flexibility index (Phi) is 5.82. The van der Waals surface area contributed by atoms with Crippen molar-refractivity contribution >= 4 is 27.6 Å². The van der Waals surface area contributed by atoms with Crippen LogP contribution in [0.2, 0.25) is 5.02 Å². The lowest BCUT2D eigenvalue weighted by Gasteiger charge is -2.10. The number of carboxylic acids is 1. The van der Waals surface area contributed by atoms with Crippen molar-refractivity contribution < 1.29 is 23.1 Å². The van der Waals surface area contributed by atoms with E-state index < -0.39 is 16.0 Å². The number of aromatic carboxylic acids is 1. The van der Waals surface area contributed by atoms with Crippen LogP contribution < -0.4 is 14.6 Å². The molecule has 2 aromatic rings. The van der Waals surface area contributed by atoms with Gasteiger partial charge in [0.15, 0.2) is 0 Å². The number of carboxylic acid groups (broad SMARTS) is 1. The van der Waals surface area contributed by atoms with Gasteiger partial charge in [0.05, 0.1) is 18.0 Å². The summed E-state index contributed by atoms with van der Waals surface area (Å²) in [6.07, 6.45) is 0.476. The van der Waals surface area contributed by atoms with E-state index in [0.717, 1.165) is 17.4 Å². The molecule has 0 amide bonds. The normalized spacial score (nSPS) is 11.2. The summed E-state index contributed by atoms with van der Waals surface area (Å²) in [6.45, 7) is 0.165. The predicted octanol–water partition coefficient (Wildman–Crippen LogP) is 1.23. The number of nitrogens with one attached hydrogen (secondary N) is 1. The fourth-order valence-corrected chi connectivity index (χ4v) is 3.29. The number of carbonyl (C=O) groups is 1. The summed E-state index contributed by atoms with van der Waals surface area (Å²) in [5.41, 5.74) is 0.569. The van der Waals surface area contributed by atoms with Crippen LogP contribution in [-0.4, -0.2) is 28.0 Å². The molecule has 0 saturated heterocycles. The molecule has 2 aromatic carbocycles. The second-order valence-corrected chi connectivity index (χ2v) is 7.10. The molecule has 0 fully saturated rings. The first-order valence-corrected chi connectivity index (χ1v) is 8.83. The first-order valence-electron chi connectivity index (χ1n) is 6.97. The molecule has 0 bridgehead atoms. The molecule has 0 saturated carbocycles. The van der Waals surface area contributed by atoms with Crippen LogP contribution in [0.15, 0.2) is 47.4 Å². The lowest BCUT2D eigenvalue weighted by Crippen LogP contribution is -2.27. The summed E-state index contributed by atoms with van der Waals surface area (Å²) in [6, 6.07) is 10.7. The number of rotatable bonds is 7. The minimum Gasteiger partial charge on any atom is -0.545 e. The highest BCUT2D eigenvalue weighted by Gasteiger charge is 2.15. The van der Waals surface area contributed by atoms with E-state index in [4.69, 9.17) is 16.3 Å².